The predicted molar refractivity (Wildman–Crippen MR) is 83.1 cm³/mol. The number of ether oxygens (including phenoxy) is 1. The average molecular weight is 295 g/mol. The SMILES string of the molecule is O=C(/C=C/c1ccccc1)N1CCC(Oc2cccnn2)C1. The molecule has 1 aromatic heterocycles. The number of carbonyl (C=O) groups is 1. The van der Waals surface area contributed by atoms with Gasteiger partial charge in [0.1, 0.15) is 6.10 Å². The highest BCUT2D eigenvalue weighted by Gasteiger charge is 2.26. The van der Waals surface area contributed by atoms with Crippen LogP contribution in [0, 0.1) is 0 Å². The van der Waals surface area contributed by atoms with Gasteiger partial charge in [0.2, 0.25) is 11.8 Å². The van der Waals surface area contributed by atoms with E-state index in [0.29, 0.717) is 19.0 Å². The first-order valence-corrected chi connectivity index (χ1v) is 7.28. The zero-order valence-corrected chi connectivity index (χ0v) is 12.1. The van der Waals surface area contributed by atoms with Crippen molar-refractivity contribution in [2.24, 2.45) is 0 Å². The molecule has 1 aromatic carbocycles. The molecule has 0 radical (unpaired) electrons. The highest BCUT2D eigenvalue weighted by Crippen LogP contribution is 2.16. The lowest BCUT2D eigenvalue weighted by Gasteiger charge is -2.14. The van der Waals surface area contributed by atoms with Crippen LogP contribution in [0.2, 0.25) is 0 Å². The van der Waals surface area contributed by atoms with Crippen LogP contribution in [0.15, 0.2) is 54.7 Å². The standard InChI is InChI=1S/C17H17N3O2/c21-17(9-8-14-5-2-1-3-6-14)20-12-10-15(13-20)22-16-7-4-11-18-19-16/h1-9,11,15H,10,12-13H2/b9-8+. The third-order valence-corrected chi connectivity index (χ3v) is 3.51. The van der Waals surface area contributed by atoms with Gasteiger partial charge in [-0.2, -0.15) is 5.10 Å². The molecule has 1 atom stereocenters. The van der Waals surface area contributed by atoms with Crippen molar-refractivity contribution in [3.8, 4) is 5.88 Å². The fraction of sp³-hybridized carbons (Fsp3) is 0.235. The molecule has 0 N–H and O–H groups in total. The predicted octanol–water partition coefficient (Wildman–Crippen LogP) is 2.17. The largest absolute Gasteiger partial charge is 0.471 e. The molecule has 5 heteroatoms. The number of nitrogens with zero attached hydrogens (tertiary/aromatic N) is 3. The lowest BCUT2D eigenvalue weighted by Crippen LogP contribution is -2.29. The van der Waals surface area contributed by atoms with E-state index in [4.69, 9.17) is 4.74 Å². The van der Waals surface area contributed by atoms with E-state index in [1.165, 1.54) is 0 Å². The van der Waals surface area contributed by atoms with Gasteiger partial charge >= 0.3 is 0 Å². The van der Waals surface area contributed by atoms with Crippen molar-refractivity contribution in [3.05, 3.63) is 60.3 Å². The summed E-state index contributed by atoms with van der Waals surface area (Å²) in [6, 6.07) is 13.3. The molecule has 112 valence electrons. The molecule has 2 aromatic rings. The summed E-state index contributed by atoms with van der Waals surface area (Å²) in [5.74, 6) is 0.510. The highest BCUT2D eigenvalue weighted by molar-refractivity contribution is 5.91. The van der Waals surface area contributed by atoms with Gasteiger partial charge in [0.05, 0.1) is 6.54 Å². The second-order valence-electron chi connectivity index (χ2n) is 5.12. The van der Waals surface area contributed by atoms with E-state index in [9.17, 15) is 4.79 Å². The summed E-state index contributed by atoms with van der Waals surface area (Å²) in [4.78, 5) is 14.0. The van der Waals surface area contributed by atoms with Crippen molar-refractivity contribution in [3.63, 3.8) is 0 Å². The van der Waals surface area contributed by atoms with Gasteiger partial charge in [0.25, 0.3) is 0 Å². The molecule has 1 saturated heterocycles. The van der Waals surface area contributed by atoms with Crippen LogP contribution < -0.4 is 4.74 Å². The molecule has 2 heterocycles. The topological polar surface area (TPSA) is 55.3 Å². The summed E-state index contributed by atoms with van der Waals surface area (Å²) < 4.78 is 5.73. The van der Waals surface area contributed by atoms with Crippen LogP contribution in [0.1, 0.15) is 12.0 Å². The van der Waals surface area contributed by atoms with E-state index in [0.717, 1.165) is 12.0 Å². The van der Waals surface area contributed by atoms with E-state index in [1.807, 2.05) is 36.4 Å². The number of benzene rings is 1. The molecule has 1 fully saturated rings. The van der Waals surface area contributed by atoms with Crippen molar-refractivity contribution in [1.82, 2.24) is 15.1 Å². The minimum Gasteiger partial charge on any atom is -0.471 e. The number of rotatable bonds is 4. The smallest absolute Gasteiger partial charge is 0.246 e. The molecule has 0 bridgehead atoms. The van der Waals surface area contributed by atoms with E-state index in [1.54, 1.807) is 29.3 Å². The Morgan fingerprint density at radius 3 is 2.86 bits per heavy atom. The van der Waals surface area contributed by atoms with Crippen molar-refractivity contribution >= 4 is 12.0 Å². The number of carbonyl (C=O) groups excluding carboxylic acids is 1. The molecule has 22 heavy (non-hydrogen) atoms. The third kappa shape index (κ3) is 3.69. The zero-order valence-electron chi connectivity index (χ0n) is 12.1. The molecule has 0 aliphatic carbocycles. The maximum atomic E-state index is 12.2. The fourth-order valence-corrected chi connectivity index (χ4v) is 2.38. The van der Waals surface area contributed by atoms with Crippen molar-refractivity contribution in [2.45, 2.75) is 12.5 Å². The Morgan fingerprint density at radius 1 is 1.23 bits per heavy atom. The minimum atomic E-state index is -0.0224. The lowest BCUT2D eigenvalue weighted by atomic mass is 10.2. The number of amides is 1. The van der Waals surface area contributed by atoms with Gasteiger partial charge < -0.3 is 9.64 Å². The summed E-state index contributed by atoms with van der Waals surface area (Å²) in [7, 11) is 0. The van der Waals surface area contributed by atoms with Gasteiger partial charge in [0.15, 0.2) is 0 Å². The molecular formula is C17H17N3O2. The Labute approximate surface area is 129 Å². The first-order chi connectivity index (χ1) is 10.8. The van der Waals surface area contributed by atoms with Gasteiger partial charge in [0, 0.05) is 31.3 Å². The van der Waals surface area contributed by atoms with Crippen LogP contribution in [0.4, 0.5) is 0 Å². The Hall–Kier alpha value is -2.69. The Balaban J connectivity index is 1.54. The summed E-state index contributed by atoms with van der Waals surface area (Å²) in [6.07, 6.45) is 5.83. The minimum absolute atomic E-state index is 0.00842. The first-order valence-electron chi connectivity index (χ1n) is 7.28. The first kappa shape index (κ1) is 14.3. The highest BCUT2D eigenvalue weighted by atomic mass is 16.5. The molecule has 0 saturated carbocycles. The van der Waals surface area contributed by atoms with Crippen molar-refractivity contribution < 1.29 is 9.53 Å². The van der Waals surface area contributed by atoms with Crippen LogP contribution >= 0.6 is 0 Å². The van der Waals surface area contributed by atoms with Crippen LogP contribution in [0.3, 0.4) is 0 Å². The summed E-state index contributed by atoms with van der Waals surface area (Å²) in [6.45, 7) is 1.28. The molecule has 1 unspecified atom stereocenters. The summed E-state index contributed by atoms with van der Waals surface area (Å²) in [5, 5.41) is 7.68. The average Bonchev–Trinajstić information content (AvgIpc) is 3.03. The van der Waals surface area contributed by atoms with Crippen LogP contribution in [0.5, 0.6) is 5.88 Å². The van der Waals surface area contributed by atoms with E-state index in [-0.39, 0.29) is 12.0 Å². The normalized spacial score (nSPS) is 17.8. The molecule has 3 rings (SSSR count). The van der Waals surface area contributed by atoms with E-state index < -0.39 is 0 Å². The Bertz CT molecular complexity index is 643. The monoisotopic (exact) mass is 295 g/mol. The van der Waals surface area contributed by atoms with Crippen LogP contribution in [-0.4, -0.2) is 40.2 Å². The second-order valence-corrected chi connectivity index (χ2v) is 5.12. The Morgan fingerprint density at radius 2 is 2.09 bits per heavy atom. The quantitative estimate of drug-likeness (QED) is 0.811. The van der Waals surface area contributed by atoms with Crippen LogP contribution in [-0.2, 0) is 4.79 Å². The number of aromatic nitrogens is 2. The molecule has 1 aliphatic heterocycles. The molecular weight excluding hydrogens is 278 g/mol. The zero-order chi connectivity index (χ0) is 15.2. The van der Waals surface area contributed by atoms with Gasteiger partial charge in [-0.1, -0.05) is 30.3 Å². The maximum Gasteiger partial charge on any atom is 0.246 e. The van der Waals surface area contributed by atoms with Gasteiger partial charge in [-0.15, -0.1) is 5.10 Å². The van der Waals surface area contributed by atoms with Gasteiger partial charge in [-0.05, 0) is 17.7 Å². The maximum absolute atomic E-state index is 12.2. The van der Waals surface area contributed by atoms with Crippen LogP contribution in [0.25, 0.3) is 6.08 Å². The summed E-state index contributed by atoms with van der Waals surface area (Å²) >= 11 is 0. The van der Waals surface area contributed by atoms with Crippen molar-refractivity contribution in [1.29, 1.82) is 0 Å². The van der Waals surface area contributed by atoms with E-state index in [2.05, 4.69) is 10.2 Å². The summed E-state index contributed by atoms with van der Waals surface area (Å²) in [5.41, 5.74) is 1.02. The van der Waals surface area contributed by atoms with Gasteiger partial charge in [-0.25, -0.2) is 0 Å². The number of hydrogen-bond acceptors (Lipinski definition) is 4. The second kappa shape index (κ2) is 6.85. The molecule has 0 spiro atoms. The van der Waals surface area contributed by atoms with Gasteiger partial charge in [-0.3, -0.25) is 4.79 Å². The number of likely N-dealkylation sites (tertiary alicyclic amines) is 1. The molecule has 1 aliphatic rings. The lowest BCUT2D eigenvalue weighted by molar-refractivity contribution is -0.125. The molecule has 1 amide bonds. The fourth-order valence-electron chi connectivity index (χ4n) is 2.38. The van der Waals surface area contributed by atoms with Crippen molar-refractivity contribution in [2.75, 3.05) is 13.1 Å². The Kier molecular flexibility index (Phi) is 4.44. The number of hydrogen-bond donors (Lipinski definition) is 0. The van der Waals surface area contributed by atoms with E-state index >= 15 is 0 Å². The third-order valence-electron chi connectivity index (χ3n) is 3.51. The molecule has 5 nitrogen and oxygen atoms in total.